The first-order valence-electron chi connectivity index (χ1n) is 9.33. The SMILES string of the molecule is CC(C)(C)c1ccc(OCCNC(=O)CCNS(=O)(=O)c2ccc(F)cc2)cc1. The van der Waals surface area contributed by atoms with Crippen LogP contribution in [0.15, 0.2) is 53.4 Å². The molecule has 0 saturated carbocycles. The maximum atomic E-state index is 12.9. The molecule has 0 radical (unpaired) electrons. The average Bonchev–Trinajstić information content (AvgIpc) is 2.65. The monoisotopic (exact) mass is 422 g/mol. The number of ether oxygens (including phenoxy) is 1. The zero-order valence-electron chi connectivity index (χ0n) is 16.9. The largest absolute Gasteiger partial charge is 0.492 e. The van der Waals surface area contributed by atoms with E-state index in [1.54, 1.807) is 0 Å². The van der Waals surface area contributed by atoms with Gasteiger partial charge in [0, 0.05) is 13.0 Å². The van der Waals surface area contributed by atoms with Crippen molar-refractivity contribution >= 4 is 15.9 Å². The molecule has 0 atom stereocenters. The zero-order valence-corrected chi connectivity index (χ0v) is 17.7. The minimum Gasteiger partial charge on any atom is -0.492 e. The molecule has 0 saturated heterocycles. The van der Waals surface area contributed by atoms with E-state index >= 15 is 0 Å². The smallest absolute Gasteiger partial charge is 0.240 e. The topological polar surface area (TPSA) is 84.5 Å². The second-order valence-electron chi connectivity index (χ2n) is 7.57. The number of nitrogens with one attached hydrogen (secondary N) is 2. The third kappa shape index (κ3) is 7.47. The van der Waals surface area contributed by atoms with Crippen LogP contribution in [0.5, 0.6) is 5.75 Å². The van der Waals surface area contributed by atoms with Gasteiger partial charge >= 0.3 is 0 Å². The van der Waals surface area contributed by atoms with E-state index in [4.69, 9.17) is 4.74 Å². The van der Waals surface area contributed by atoms with Crippen molar-refractivity contribution in [2.75, 3.05) is 19.7 Å². The number of benzene rings is 2. The van der Waals surface area contributed by atoms with Gasteiger partial charge in [0.05, 0.1) is 11.4 Å². The normalized spacial score (nSPS) is 11.9. The zero-order chi connectivity index (χ0) is 21.5. The Morgan fingerprint density at radius 1 is 1.00 bits per heavy atom. The summed E-state index contributed by atoms with van der Waals surface area (Å²) in [6.07, 6.45) is -0.0132. The van der Waals surface area contributed by atoms with Crippen molar-refractivity contribution in [1.82, 2.24) is 10.0 Å². The summed E-state index contributed by atoms with van der Waals surface area (Å²) in [6, 6.07) is 12.3. The maximum Gasteiger partial charge on any atom is 0.240 e. The Balaban J connectivity index is 1.66. The molecule has 0 aliphatic heterocycles. The molecule has 0 aromatic heterocycles. The van der Waals surface area contributed by atoms with Gasteiger partial charge in [-0.15, -0.1) is 0 Å². The van der Waals surface area contributed by atoms with Crippen LogP contribution in [0.25, 0.3) is 0 Å². The minimum atomic E-state index is -3.77. The van der Waals surface area contributed by atoms with Crippen LogP contribution < -0.4 is 14.8 Å². The van der Waals surface area contributed by atoms with Crippen LogP contribution in [0, 0.1) is 5.82 Å². The molecule has 2 rings (SSSR count). The fraction of sp³-hybridized carbons (Fsp3) is 0.381. The molecule has 2 aromatic carbocycles. The van der Waals surface area contributed by atoms with Gasteiger partial charge in [-0.3, -0.25) is 4.79 Å². The predicted molar refractivity (Wildman–Crippen MR) is 110 cm³/mol. The summed E-state index contributed by atoms with van der Waals surface area (Å²) in [4.78, 5) is 11.8. The van der Waals surface area contributed by atoms with E-state index < -0.39 is 15.8 Å². The summed E-state index contributed by atoms with van der Waals surface area (Å²) in [6.45, 7) is 6.97. The highest BCUT2D eigenvalue weighted by atomic mass is 32.2. The third-order valence-corrected chi connectivity index (χ3v) is 5.66. The molecule has 6 nitrogen and oxygen atoms in total. The van der Waals surface area contributed by atoms with Crippen LogP contribution >= 0.6 is 0 Å². The van der Waals surface area contributed by atoms with Gasteiger partial charge in [0.1, 0.15) is 18.2 Å². The number of carbonyl (C=O) groups is 1. The molecule has 29 heavy (non-hydrogen) atoms. The molecular weight excluding hydrogens is 395 g/mol. The summed E-state index contributed by atoms with van der Waals surface area (Å²) < 4.78 is 44.9. The third-order valence-electron chi connectivity index (χ3n) is 4.18. The number of rotatable bonds is 9. The number of hydrogen-bond donors (Lipinski definition) is 2. The van der Waals surface area contributed by atoms with E-state index in [0.717, 1.165) is 17.9 Å². The Hall–Kier alpha value is -2.45. The molecule has 8 heteroatoms. The van der Waals surface area contributed by atoms with Crippen LogP contribution in [0.4, 0.5) is 4.39 Å². The summed E-state index contributed by atoms with van der Waals surface area (Å²) in [5, 5.41) is 2.67. The van der Waals surface area contributed by atoms with E-state index in [1.807, 2.05) is 24.3 Å². The van der Waals surface area contributed by atoms with Gasteiger partial charge < -0.3 is 10.1 Å². The summed E-state index contributed by atoms with van der Waals surface area (Å²) in [5.41, 5.74) is 1.28. The van der Waals surface area contributed by atoms with Crippen LogP contribution in [0.2, 0.25) is 0 Å². The first kappa shape index (κ1) is 22.8. The van der Waals surface area contributed by atoms with Crippen molar-refractivity contribution in [3.8, 4) is 5.75 Å². The lowest BCUT2D eigenvalue weighted by Crippen LogP contribution is -2.32. The van der Waals surface area contributed by atoms with E-state index in [1.165, 1.54) is 17.7 Å². The van der Waals surface area contributed by atoms with Crippen LogP contribution in [-0.4, -0.2) is 34.0 Å². The molecule has 1 amide bonds. The molecule has 2 aromatic rings. The fourth-order valence-electron chi connectivity index (χ4n) is 2.49. The van der Waals surface area contributed by atoms with Crippen molar-refractivity contribution in [2.45, 2.75) is 37.5 Å². The summed E-state index contributed by atoms with van der Waals surface area (Å²) >= 11 is 0. The lowest BCUT2D eigenvalue weighted by atomic mass is 9.87. The van der Waals surface area contributed by atoms with E-state index in [9.17, 15) is 17.6 Å². The Labute approximate surface area is 171 Å². The van der Waals surface area contributed by atoms with Crippen LogP contribution in [0.1, 0.15) is 32.8 Å². The Kier molecular flexibility index (Phi) is 7.75. The lowest BCUT2D eigenvalue weighted by Gasteiger charge is -2.19. The fourth-order valence-corrected chi connectivity index (χ4v) is 3.53. The number of sulfonamides is 1. The Bertz CT molecular complexity index is 905. The van der Waals surface area contributed by atoms with Crippen molar-refractivity contribution in [3.05, 3.63) is 59.9 Å². The first-order valence-corrected chi connectivity index (χ1v) is 10.8. The highest BCUT2D eigenvalue weighted by Crippen LogP contribution is 2.24. The summed E-state index contributed by atoms with van der Waals surface area (Å²) in [7, 11) is -3.77. The predicted octanol–water partition coefficient (Wildman–Crippen LogP) is 2.99. The van der Waals surface area contributed by atoms with Gasteiger partial charge in [0.15, 0.2) is 0 Å². The van der Waals surface area contributed by atoms with Crippen molar-refractivity contribution in [3.63, 3.8) is 0 Å². The van der Waals surface area contributed by atoms with Gasteiger partial charge in [0.25, 0.3) is 0 Å². The minimum absolute atomic E-state index is 0.0132. The number of amides is 1. The first-order chi connectivity index (χ1) is 13.6. The highest BCUT2D eigenvalue weighted by Gasteiger charge is 2.14. The molecule has 0 aliphatic rings. The number of halogens is 1. The van der Waals surface area contributed by atoms with Crippen LogP contribution in [-0.2, 0) is 20.2 Å². The van der Waals surface area contributed by atoms with Gasteiger partial charge in [-0.2, -0.15) is 0 Å². The van der Waals surface area contributed by atoms with Crippen molar-refractivity contribution in [2.24, 2.45) is 0 Å². The summed E-state index contributed by atoms with van der Waals surface area (Å²) in [5.74, 6) is -0.0894. The van der Waals surface area contributed by atoms with E-state index in [2.05, 4.69) is 30.8 Å². The quantitative estimate of drug-likeness (QED) is 0.609. The second-order valence-corrected chi connectivity index (χ2v) is 9.34. The molecule has 0 spiro atoms. The molecular formula is C21H27FN2O4S. The molecule has 0 fully saturated rings. The Morgan fingerprint density at radius 3 is 2.21 bits per heavy atom. The van der Waals surface area contributed by atoms with E-state index in [0.29, 0.717) is 13.2 Å². The molecule has 2 N–H and O–H groups in total. The molecule has 0 heterocycles. The maximum absolute atomic E-state index is 12.9. The molecule has 158 valence electrons. The average molecular weight is 423 g/mol. The van der Waals surface area contributed by atoms with Gasteiger partial charge in [0.2, 0.25) is 15.9 Å². The highest BCUT2D eigenvalue weighted by molar-refractivity contribution is 7.89. The Morgan fingerprint density at radius 2 is 1.62 bits per heavy atom. The molecule has 0 unspecified atom stereocenters. The van der Waals surface area contributed by atoms with Gasteiger partial charge in [-0.25, -0.2) is 17.5 Å². The van der Waals surface area contributed by atoms with Gasteiger partial charge in [-0.1, -0.05) is 32.9 Å². The molecule has 0 aliphatic carbocycles. The van der Waals surface area contributed by atoms with Crippen molar-refractivity contribution < 1.29 is 22.3 Å². The van der Waals surface area contributed by atoms with E-state index in [-0.39, 0.29) is 29.2 Å². The lowest BCUT2D eigenvalue weighted by molar-refractivity contribution is -0.121. The number of carbonyl (C=O) groups excluding carboxylic acids is 1. The van der Waals surface area contributed by atoms with Gasteiger partial charge in [-0.05, 0) is 47.4 Å². The standard InChI is InChI=1S/C21H27FN2O4S/c1-21(2,3)16-4-8-18(9-5-16)28-15-14-23-20(25)12-13-24-29(26,27)19-10-6-17(22)7-11-19/h4-11,24H,12-15H2,1-3H3,(H,23,25). The second kappa shape index (κ2) is 9.84. The van der Waals surface area contributed by atoms with Crippen molar-refractivity contribution in [1.29, 1.82) is 0 Å². The molecule has 0 bridgehead atoms. The number of hydrogen-bond acceptors (Lipinski definition) is 4. The van der Waals surface area contributed by atoms with Crippen LogP contribution in [0.3, 0.4) is 0 Å².